The van der Waals surface area contributed by atoms with Crippen molar-refractivity contribution in [3.8, 4) is 11.5 Å². The molecule has 0 saturated carbocycles. The molecular formula is C26H24Cl2N2O5. The van der Waals surface area contributed by atoms with E-state index in [4.69, 9.17) is 32.7 Å². The Bertz CT molecular complexity index is 1210. The zero-order valence-electron chi connectivity index (χ0n) is 19.2. The minimum Gasteiger partial charge on any atom is -0.457 e. The molecule has 3 aromatic carbocycles. The fourth-order valence-corrected chi connectivity index (χ4v) is 3.53. The van der Waals surface area contributed by atoms with Gasteiger partial charge in [0.15, 0.2) is 6.61 Å². The van der Waals surface area contributed by atoms with Crippen molar-refractivity contribution in [2.24, 2.45) is 0 Å². The van der Waals surface area contributed by atoms with E-state index < -0.39 is 18.5 Å². The number of anilines is 2. The Kier molecular flexibility index (Phi) is 9.11. The normalized spacial score (nSPS) is 10.4. The van der Waals surface area contributed by atoms with E-state index in [2.05, 4.69) is 16.7 Å². The molecule has 3 aromatic rings. The molecule has 3 rings (SSSR count). The van der Waals surface area contributed by atoms with Crippen LogP contribution in [0.25, 0.3) is 0 Å². The molecule has 7 nitrogen and oxygen atoms in total. The molecule has 0 unspecified atom stereocenters. The number of aryl methyl sites for hydroxylation is 2. The van der Waals surface area contributed by atoms with Gasteiger partial charge in [0.05, 0.1) is 22.2 Å². The van der Waals surface area contributed by atoms with E-state index in [1.165, 1.54) is 0 Å². The highest BCUT2D eigenvalue weighted by Gasteiger charge is 2.13. The van der Waals surface area contributed by atoms with E-state index in [0.717, 1.165) is 16.9 Å². The summed E-state index contributed by atoms with van der Waals surface area (Å²) in [6.45, 7) is 3.49. The van der Waals surface area contributed by atoms with E-state index >= 15 is 0 Å². The standard InChI is InChI=1S/C26H24Cl2N2O5/c1-16-12-17(2)14-20(13-16)35-19-8-6-18(7-9-19)29-23(31)10-11-25(33)34-15-24(32)30-22-5-3-4-21(27)26(22)28/h3-9,12-14H,10-11,15H2,1-2H3,(H,29,31)(H,30,32). The Balaban J connectivity index is 1.39. The van der Waals surface area contributed by atoms with Gasteiger partial charge in [-0.3, -0.25) is 14.4 Å². The molecule has 0 aromatic heterocycles. The second kappa shape index (κ2) is 12.2. The Morgan fingerprint density at radius 3 is 2.17 bits per heavy atom. The van der Waals surface area contributed by atoms with Crippen LogP contribution < -0.4 is 15.4 Å². The summed E-state index contributed by atoms with van der Waals surface area (Å²) < 4.78 is 10.8. The van der Waals surface area contributed by atoms with E-state index in [1.807, 2.05) is 26.0 Å². The molecule has 0 spiro atoms. The van der Waals surface area contributed by atoms with Crippen LogP contribution in [0, 0.1) is 13.8 Å². The first-order valence-electron chi connectivity index (χ1n) is 10.7. The lowest BCUT2D eigenvalue weighted by Gasteiger charge is -2.10. The zero-order valence-corrected chi connectivity index (χ0v) is 20.7. The van der Waals surface area contributed by atoms with Crippen LogP contribution in [0.4, 0.5) is 11.4 Å². The van der Waals surface area contributed by atoms with Crippen molar-refractivity contribution in [1.29, 1.82) is 0 Å². The molecule has 0 atom stereocenters. The van der Waals surface area contributed by atoms with Crippen molar-refractivity contribution >= 4 is 52.4 Å². The van der Waals surface area contributed by atoms with Crippen LogP contribution in [0.3, 0.4) is 0 Å². The van der Waals surface area contributed by atoms with E-state index in [-0.39, 0.29) is 28.8 Å². The molecule has 0 saturated heterocycles. The maximum absolute atomic E-state index is 12.2. The highest BCUT2D eigenvalue weighted by Crippen LogP contribution is 2.29. The summed E-state index contributed by atoms with van der Waals surface area (Å²) in [5, 5.41) is 5.69. The van der Waals surface area contributed by atoms with Crippen molar-refractivity contribution in [1.82, 2.24) is 0 Å². The third-order valence-corrected chi connectivity index (χ3v) is 5.53. The molecule has 2 amide bonds. The number of carbonyl (C=O) groups excluding carboxylic acids is 3. The lowest BCUT2D eigenvalue weighted by Crippen LogP contribution is -2.22. The first-order chi connectivity index (χ1) is 16.7. The molecule has 0 heterocycles. The van der Waals surface area contributed by atoms with Gasteiger partial charge >= 0.3 is 5.97 Å². The van der Waals surface area contributed by atoms with Gasteiger partial charge in [0.1, 0.15) is 11.5 Å². The van der Waals surface area contributed by atoms with Gasteiger partial charge in [-0.25, -0.2) is 0 Å². The summed E-state index contributed by atoms with van der Waals surface area (Å²) in [5.41, 5.74) is 3.08. The molecule has 0 aliphatic carbocycles. The number of rotatable bonds is 9. The maximum atomic E-state index is 12.2. The van der Waals surface area contributed by atoms with Crippen molar-refractivity contribution < 1.29 is 23.9 Å². The Morgan fingerprint density at radius 1 is 0.800 bits per heavy atom. The monoisotopic (exact) mass is 514 g/mol. The fraction of sp³-hybridized carbons (Fsp3) is 0.192. The zero-order chi connectivity index (χ0) is 25.4. The summed E-state index contributed by atoms with van der Waals surface area (Å²) in [6, 6.07) is 17.6. The molecule has 0 aliphatic rings. The molecule has 35 heavy (non-hydrogen) atoms. The highest BCUT2D eigenvalue weighted by atomic mass is 35.5. The predicted octanol–water partition coefficient (Wildman–Crippen LogP) is 6.30. The Labute approximate surface area is 213 Å². The summed E-state index contributed by atoms with van der Waals surface area (Å²) in [6.07, 6.45) is -0.271. The lowest BCUT2D eigenvalue weighted by molar-refractivity contribution is -0.147. The van der Waals surface area contributed by atoms with Crippen LogP contribution >= 0.6 is 23.2 Å². The van der Waals surface area contributed by atoms with Crippen LogP contribution in [-0.4, -0.2) is 24.4 Å². The van der Waals surface area contributed by atoms with Gasteiger partial charge in [0.2, 0.25) is 5.91 Å². The molecule has 0 radical (unpaired) electrons. The van der Waals surface area contributed by atoms with Crippen molar-refractivity contribution in [3.05, 3.63) is 81.8 Å². The van der Waals surface area contributed by atoms with Crippen molar-refractivity contribution in [2.75, 3.05) is 17.2 Å². The smallest absolute Gasteiger partial charge is 0.306 e. The number of carbonyl (C=O) groups is 3. The molecule has 9 heteroatoms. The average Bonchev–Trinajstić information content (AvgIpc) is 2.80. The van der Waals surface area contributed by atoms with Crippen LogP contribution in [0.1, 0.15) is 24.0 Å². The number of benzene rings is 3. The van der Waals surface area contributed by atoms with Gasteiger partial charge in [-0.15, -0.1) is 0 Å². The van der Waals surface area contributed by atoms with Gasteiger partial charge in [-0.1, -0.05) is 35.3 Å². The van der Waals surface area contributed by atoms with Gasteiger partial charge in [0.25, 0.3) is 5.91 Å². The van der Waals surface area contributed by atoms with Gasteiger partial charge in [-0.2, -0.15) is 0 Å². The SMILES string of the molecule is Cc1cc(C)cc(Oc2ccc(NC(=O)CCC(=O)OCC(=O)Nc3cccc(Cl)c3Cl)cc2)c1. The second-order valence-electron chi connectivity index (χ2n) is 7.81. The van der Waals surface area contributed by atoms with Gasteiger partial charge < -0.3 is 20.1 Å². The molecule has 0 bridgehead atoms. The van der Waals surface area contributed by atoms with Crippen molar-refractivity contribution in [3.63, 3.8) is 0 Å². The number of esters is 1. The van der Waals surface area contributed by atoms with Crippen LogP contribution in [0.5, 0.6) is 11.5 Å². The summed E-state index contributed by atoms with van der Waals surface area (Å²) in [4.78, 5) is 36.0. The number of ether oxygens (including phenoxy) is 2. The number of hydrogen-bond donors (Lipinski definition) is 2. The quantitative estimate of drug-likeness (QED) is 0.326. The minimum atomic E-state index is -0.676. The molecule has 2 N–H and O–H groups in total. The predicted molar refractivity (Wildman–Crippen MR) is 136 cm³/mol. The van der Waals surface area contributed by atoms with Crippen LogP contribution in [0.15, 0.2) is 60.7 Å². The summed E-state index contributed by atoms with van der Waals surface area (Å²) >= 11 is 11.9. The third-order valence-electron chi connectivity index (χ3n) is 4.72. The first-order valence-corrected chi connectivity index (χ1v) is 11.5. The van der Waals surface area contributed by atoms with Crippen LogP contribution in [-0.2, 0) is 19.1 Å². The molecule has 182 valence electrons. The molecular weight excluding hydrogens is 491 g/mol. The summed E-state index contributed by atoms with van der Waals surface area (Å²) in [5.74, 6) is -0.240. The largest absolute Gasteiger partial charge is 0.457 e. The fourth-order valence-electron chi connectivity index (χ4n) is 3.18. The summed E-state index contributed by atoms with van der Waals surface area (Å²) in [7, 11) is 0. The van der Waals surface area contributed by atoms with Crippen molar-refractivity contribution in [2.45, 2.75) is 26.7 Å². The van der Waals surface area contributed by atoms with E-state index in [1.54, 1.807) is 42.5 Å². The first kappa shape index (κ1) is 26.1. The Hall–Kier alpha value is -3.55. The van der Waals surface area contributed by atoms with Crippen LogP contribution in [0.2, 0.25) is 10.0 Å². The highest BCUT2D eigenvalue weighted by molar-refractivity contribution is 6.44. The number of amides is 2. The van der Waals surface area contributed by atoms with Gasteiger partial charge in [0, 0.05) is 12.1 Å². The molecule has 0 aliphatic heterocycles. The lowest BCUT2D eigenvalue weighted by atomic mass is 10.1. The Morgan fingerprint density at radius 2 is 1.49 bits per heavy atom. The maximum Gasteiger partial charge on any atom is 0.306 e. The molecule has 0 fully saturated rings. The second-order valence-corrected chi connectivity index (χ2v) is 8.59. The number of halogens is 2. The van der Waals surface area contributed by atoms with E-state index in [0.29, 0.717) is 17.1 Å². The number of hydrogen-bond acceptors (Lipinski definition) is 5. The minimum absolute atomic E-state index is 0.0958. The van der Waals surface area contributed by atoms with Gasteiger partial charge in [-0.05, 0) is 73.5 Å². The van der Waals surface area contributed by atoms with E-state index in [9.17, 15) is 14.4 Å². The third kappa shape index (κ3) is 8.31. The number of nitrogens with one attached hydrogen (secondary N) is 2. The topological polar surface area (TPSA) is 93.7 Å². The average molecular weight is 515 g/mol.